The number of hydrogen-bond acceptors (Lipinski definition) is 4. The summed E-state index contributed by atoms with van der Waals surface area (Å²) in [5.41, 5.74) is 0.779. The van der Waals surface area contributed by atoms with E-state index in [0.717, 1.165) is 6.07 Å². The highest BCUT2D eigenvalue weighted by Crippen LogP contribution is 2.39. The fraction of sp³-hybridized carbons (Fsp3) is 0.286. The third-order valence-electron chi connectivity index (χ3n) is 3.81. The van der Waals surface area contributed by atoms with Gasteiger partial charge < -0.3 is 0 Å². The summed E-state index contributed by atoms with van der Waals surface area (Å²) < 4.78 is 0. The van der Waals surface area contributed by atoms with E-state index in [1.165, 1.54) is 12.1 Å². The molecule has 21 heavy (non-hydrogen) atoms. The second kappa shape index (κ2) is 4.93. The molecule has 0 aliphatic heterocycles. The van der Waals surface area contributed by atoms with E-state index >= 15 is 0 Å². The van der Waals surface area contributed by atoms with Crippen LogP contribution in [-0.2, 0) is 0 Å². The number of allylic oxidation sites excluding steroid dienone is 2. The van der Waals surface area contributed by atoms with Crippen molar-refractivity contribution >= 4 is 40.5 Å². The van der Waals surface area contributed by atoms with E-state index in [4.69, 9.17) is 23.2 Å². The van der Waals surface area contributed by atoms with Gasteiger partial charge in [0.2, 0.25) is 0 Å². The molecule has 0 radical (unpaired) electrons. The smallest absolute Gasteiger partial charge is 0.270 e. The molecule has 1 aromatic carbocycles. The molecule has 0 saturated heterocycles. The number of Topliss-reactive ketones (excluding diaryl/α,β-unsaturated/α-hetero) is 2. The maximum atomic E-state index is 12.5. The molecule has 2 aliphatic rings. The minimum Gasteiger partial charge on any atom is -0.289 e. The predicted molar refractivity (Wildman–Crippen MR) is 77.3 cm³/mol. The fourth-order valence-electron chi connectivity index (χ4n) is 2.71. The van der Waals surface area contributed by atoms with Crippen LogP contribution in [0.4, 0.5) is 5.69 Å². The summed E-state index contributed by atoms with van der Waals surface area (Å²) in [4.78, 5) is 35.2. The van der Waals surface area contributed by atoms with E-state index in [9.17, 15) is 19.7 Å². The summed E-state index contributed by atoms with van der Waals surface area (Å²) in [7, 11) is 0. The van der Waals surface area contributed by atoms with Gasteiger partial charge in [-0.1, -0.05) is 0 Å². The Morgan fingerprint density at radius 3 is 2.05 bits per heavy atom. The zero-order chi connectivity index (χ0) is 15.3. The average molecular weight is 326 g/mol. The molecule has 0 aromatic heterocycles. The van der Waals surface area contributed by atoms with Crippen LogP contribution in [0.3, 0.4) is 0 Å². The van der Waals surface area contributed by atoms with Crippen molar-refractivity contribution in [2.24, 2.45) is 0 Å². The summed E-state index contributed by atoms with van der Waals surface area (Å²) in [5.74, 6) is -0.652. The van der Waals surface area contributed by atoms with Gasteiger partial charge in [0, 0.05) is 34.4 Å². The van der Waals surface area contributed by atoms with E-state index < -0.39 is 15.7 Å². The maximum absolute atomic E-state index is 12.5. The summed E-state index contributed by atoms with van der Waals surface area (Å²) in [5, 5.41) is 9.98. The van der Waals surface area contributed by atoms with Gasteiger partial charge in [0.05, 0.1) is 15.7 Å². The summed E-state index contributed by atoms with van der Waals surface area (Å²) in [6, 6.07) is 3.70. The summed E-state index contributed by atoms with van der Waals surface area (Å²) in [6.45, 7) is 0. The lowest BCUT2D eigenvalue weighted by atomic mass is 9.77. The standard InChI is InChI=1S/C14H9Cl2NO4/c15-11-4-9-10(5-12(11)16)14(19)8-3-6(17(20)21)1-2-7(8)13(9)18/h1-3,11-12H,4-5H2. The number of ketones is 2. The lowest BCUT2D eigenvalue weighted by Crippen LogP contribution is -2.32. The average Bonchev–Trinajstić information content (AvgIpc) is 2.46. The largest absolute Gasteiger partial charge is 0.289 e. The van der Waals surface area contributed by atoms with Crippen LogP contribution in [0.2, 0.25) is 0 Å². The van der Waals surface area contributed by atoms with Crippen molar-refractivity contribution < 1.29 is 14.5 Å². The number of nitro groups is 1. The first-order valence-corrected chi connectivity index (χ1v) is 7.15. The number of fused-ring (bicyclic) bond motifs is 1. The third-order valence-corrected chi connectivity index (χ3v) is 4.85. The van der Waals surface area contributed by atoms with E-state index in [0.29, 0.717) is 11.1 Å². The van der Waals surface area contributed by atoms with E-state index in [2.05, 4.69) is 0 Å². The Morgan fingerprint density at radius 1 is 1.00 bits per heavy atom. The van der Waals surface area contributed by atoms with E-state index in [1.807, 2.05) is 0 Å². The van der Waals surface area contributed by atoms with E-state index in [1.54, 1.807) is 0 Å². The molecule has 0 bridgehead atoms. The number of carbonyl (C=O) groups is 2. The number of rotatable bonds is 1. The molecule has 7 heteroatoms. The first-order valence-electron chi connectivity index (χ1n) is 6.28. The highest BCUT2D eigenvalue weighted by molar-refractivity contribution is 6.33. The predicted octanol–water partition coefficient (Wildman–Crippen LogP) is 3.28. The Hall–Kier alpha value is -1.72. The van der Waals surface area contributed by atoms with Gasteiger partial charge in [0.1, 0.15) is 0 Å². The Kier molecular flexibility index (Phi) is 3.34. The molecule has 2 atom stereocenters. The number of nitro benzene ring substituents is 1. The van der Waals surface area contributed by atoms with Gasteiger partial charge >= 0.3 is 0 Å². The molecular weight excluding hydrogens is 317 g/mol. The minimum absolute atomic E-state index is 0.0739. The Balaban J connectivity index is 2.14. The van der Waals surface area contributed by atoms with Crippen LogP contribution in [0.25, 0.3) is 0 Å². The molecule has 0 amide bonds. The van der Waals surface area contributed by atoms with Crippen molar-refractivity contribution in [3.05, 3.63) is 50.6 Å². The molecule has 0 N–H and O–H groups in total. The van der Waals surface area contributed by atoms with Gasteiger partial charge in [0.15, 0.2) is 11.6 Å². The number of carbonyl (C=O) groups excluding carboxylic acids is 2. The van der Waals surface area contributed by atoms with Crippen LogP contribution in [0.5, 0.6) is 0 Å². The van der Waals surface area contributed by atoms with Gasteiger partial charge in [-0.25, -0.2) is 0 Å². The Morgan fingerprint density at radius 2 is 1.52 bits per heavy atom. The highest BCUT2D eigenvalue weighted by atomic mass is 35.5. The second-order valence-corrected chi connectivity index (χ2v) is 6.16. The zero-order valence-electron chi connectivity index (χ0n) is 10.6. The molecule has 2 unspecified atom stereocenters. The normalized spacial score (nSPS) is 24.7. The summed E-state index contributed by atoms with van der Waals surface area (Å²) in [6.07, 6.45) is 0.448. The minimum atomic E-state index is -0.595. The van der Waals surface area contributed by atoms with Gasteiger partial charge in [-0.3, -0.25) is 19.7 Å². The number of nitrogens with zero attached hydrogens (tertiary/aromatic N) is 1. The number of hydrogen-bond donors (Lipinski definition) is 0. The third kappa shape index (κ3) is 2.17. The molecule has 1 aromatic rings. The molecule has 2 aliphatic carbocycles. The molecule has 0 spiro atoms. The molecule has 0 fully saturated rings. The van der Waals surface area contributed by atoms with Gasteiger partial charge in [-0.15, -0.1) is 23.2 Å². The van der Waals surface area contributed by atoms with Crippen molar-refractivity contribution in [2.45, 2.75) is 23.6 Å². The van der Waals surface area contributed by atoms with Gasteiger partial charge in [-0.2, -0.15) is 0 Å². The lowest BCUT2D eigenvalue weighted by molar-refractivity contribution is -0.384. The van der Waals surface area contributed by atoms with E-state index in [-0.39, 0.29) is 41.2 Å². The zero-order valence-corrected chi connectivity index (χ0v) is 12.1. The number of alkyl halides is 2. The molecule has 0 heterocycles. The first-order chi connectivity index (χ1) is 9.90. The molecule has 108 valence electrons. The molecule has 5 nitrogen and oxygen atoms in total. The van der Waals surface area contributed by atoms with Crippen molar-refractivity contribution in [2.75, 3.05) is 0 Å². The second-order valence-electron chi connectivity index (χ2n) is 5.04. The molecule has 0 saturated carbocycles. The number of non-ortho nitro benzene ring substituents is 1. The fourth-order valence-corrected chi connectivity index (χ4v) is 3.20. The van der Waals surface area contributed by atoms with Crippen molar-refractivity contribution in [3.8, 4) is 0 Å². The number of benzene rings is 1. The molecule has 3 rings (SSSR count). The Bertz CT molecular complexity index is 726. The Labute approximate surface area is 129 Å². The quantitative estimate of drug-likeness (QED) is 0.451. The highest BCUT2D eigenvalue weighted by Gasteiger charge is 2.39. The van der Waals surface area contributed by atoms with Gasteiger partial charge in [0.25, 0.3) is 5.69 Å². The van der Waals surface area contributed by atoms with Crippen LogP contribution in [0.15, 0.2) is 29.3 Å². The first kappa shape index (κ1) is 14.2. The topological polar surface area (TPSA) is 77.3 Å². The SMILES string of the molecule is O=C1C2=C(CC(Cl)C(Cl)C2)C(=O)c2cc([N+](=O)[O-])ccc21. The number of halogens is 2. The summed E-state index contributed by atoms with van der Waals surface area (Å²) >= 11 is 12.1. The lowest BCUT2D eigenvalue weighted by Gasteiger charge is -2.29. The van der Waals surface area contributed by atoms with Crippen LogP contribution < -0.4 is 0 Å². The van der Waals surface area contributed by atoms with Crippen molar-refractivity contribution in [1.29, 1.82) is 0 Å². The maximum Gasteiger partial charge on any atom is 0.270 e. The van der Waals surface area contributed by atoms with Gasteiger partial charge in [-0.05, 0) is 18.9 Å². The van der Waals surface area contributed by atoms with Crippen molar-refractivity contribution in [3.63, 3.8) is 0 Å². The van der Waals surface area contributed by atoms with Crippen LogP contribution in [-0.4, -0.2) is 27.2 Å². The van der Waals surface area contributed by atoms with Crippen LogP contribution in [0, 0.1) is 10.1 Å². The van der Waals surface area contributed by atoms with Crippen molar-refractivity contribution in [1.82, 2.24) is 0 Å². The monoisotopic (exact) mass is 325 g/mol. The van der Waals surface area contributed by atoms with Crippen LogP contribution >= 0.6 is 23.2 Å². The van der Waals surface area contributed by atoms with Crippen LogP contribution in [0.1, 0.15) is 33.6 Å². The molecular formula is C14H9Cl2NO4.